The van der Waals surface area contributed by atoms with Gasteiger partial charge in [-0.15, -0.1) is 0 Å². The van der Waals surface area contributed by atoms with Crippen LogP contribution in [0.25, 0.3) is 100 Å². The maximum absolute atomic E-state index is 2.37. The summed E-state index contributed by atoms with van der Waals surface area (Å²) in [5.74, 6) is 0. The van der Waals surface area contributed by atoms with Crippen molar-refractivity contribution < 1.29 is 0 Å². The Labute approximate surface area is 429 Å². The zero-order valence-electron chi connectivity index (χ0n) is 40.4. The Morgan fingerprint density at radius 2 is 0.260 bits per heavy atom. The second kappa shape index (κ2) is 20.4. The van der Waals surface area contributed by atoms with Crippen LogP contribution >= 0.6 is 0 Å². The van der Waals surface area contributed by atoms with Gasteiger partial charge in [-0.25, -0.2) is 0 Å². The summed E-state index contributed by atoms with van der Waals surface area (Å²) in [6.45, 7) is 0. The predicted molar refractivity (Wildman–Crippen MR) is 310 cm³/mol. The number of nitrogens with zero attached hydrogens (tertiary/aromatic N) is 1. The van der Waals surface area contributed by atoms with E-state index in [2.05, 4.69) is 314 Å². The highest BCUT2D eigenvalue weighted by molar-refractivity contribution is 5.87. The van der Waals surface area contributed by atoms with E-state index in [1.807, 2.05) is 0 Å². The van der Waals surface area contributed by atoms with Crippen molar-refractivity contribution >= 4 is 17.1 Å². The largest absolute Gasteiger partial charge is 0.311 e. The van der Waals surface area contributed by atoms with Crippen LogP contribution in [-0.4, -0.2) is 0 Å². The van der Waals surface area contributed by atoms with Crippen molar-refractivity contribution in [3.63, 3.8) is 0 Å². The van der Waals surface area contributed by atoms with E-state index in [-0.39, 0.29) is 0 Å². The molecule has 0 saturated carbocycles. The maximum Gasteiger partial charge on any atom is 0.0462 e. The SMILES string of the molecule is c1ccc(-c2cc(-c3ccccc3)cc(-c3ccc(N(c4ccc(-c5cc(-c6ccccc6)cc(-c6ccccc6)c5)cc4)c4ccc(-c5cc(-c6ccccc6)cc(-c6ccccc6)c5)cc4)cc3)c2)cc1. The molecule has 0 N–H and O–H groups in total. The van der Waals surface area contributed by atoms with Gasteiger partial charge < -0.3 is 4.90 Å². The Hall–Kier alpha value is -9.56. The van der Waals surface area contributed by atoms with Crippen molar-refractivity contribution in [3.8, 4) is 100 Å². The molecule has 0 spiro atoms. The van der Waals surface area contributed by atoms with Gasteiger partial charge >= 0.3 is 0 Å². The third-order valence-corrected chi connectivity index (χ3v) is 13.8. The highest BCUT2D eigenvalue weighted by atomic mass is 15.1. The van der Waals surface area contributed by atoms with Gasteiger partial charge in [0.25, 0.3) is 0 Å². The number of benzene rings is 12. The lowest BCUT2D eigenvalue weighted by atomic mass is 9.93. The fourth-order valence-electron chi connectivity index (χ4n) is 10.0. The minimum absolute atomic E-state index is 1.07. The van der Waals surface area contributed by atoms with Crippen LogP contribution in [0.1, 0.15) is 0 Å². The summed E-state index contributed by atoms with van der Waals surface area (Å²) in [6.07, 6.45) is 0. The van der Waals surface area contributed by atoms with Gasteiger partial charge in [0.05, 0.1) is 0 Å². The average molecular weight is 930 g/mol. The van der Waals surface area contributed by atoms with Crippen molar-refractivity contribution in [1.29, 1.82) is 0 Å². The van der Waals surface area contributed by atoms with Gasteiger partial charge in [0.2, 0.25) is 0 Å². The molecule has 0 aliphatic carbocycles. The maximum atomic E-state index is 2.37. The fraction of sp³-hybridized carbons (Fsp3) is 0. The van der Waals surface area contributed by atoms with Crippen LogP contribution in [0.2, 0.25) is 0 Å². The van der Waals surface area contributed by atoms with Crippen LogP contribution in [-0.2, 0) is 0 Å². The minimum atomic E-state index is 1.07. The third-order valence-electron chi connectivity index (χ3n) is 13.8. The van der Waals surface area contributed by atoms with Gasteiger partial charge in [-0.1, -0.05) is 218 Å². The summed E-state index contributed by atoms with van der Waals surface area (Å²) in [5.41, 5.74) is 24.5. The summed E-state index contributed by atoms with van der Waals surface area (Å²) in [6, 6.07) is 112. The molecule has 0 heterocycles. The lowest BCUT2D eigenvalue weighted by molar-refractivity contribution is 1.28. The molecule has 0 aliphatic rings. The number of anilines is 3. The lowest BCUT2D eigenvalue weighted by Crippen LogP contribution is -2.09. The van der Waals surface area contributed by atoms with Crippen LogP contribution in [0.5, 0.6) is 0 Å². The van der Waals surface area contributed by atoms with Crippen molar-refractivity contribution in [3.05, 3.63) is 309 Å². The smallest absolute Gasteiger partial charge is 0.0462 e. The molecule has 12 aromatic rings. The third kappa shape index (κ3) is 9.82. The standard InChI is InChI=1S/C72H51N/c1-7-19-52(20-8-1)61-43-62(53-21-9-2-10-22-53)47-67(46-61)58-31-37-70(38-32-58)73(71-39-33-59(34-40-71)68-48-63(54-23-11-3-12-24-54)44-64(49-68)55-25-13-4-14-26-55)72-41-35-60(36-42-72)69-50-65(56-27-15-5-16-28-56)45-66(51-69)57-29-17-6-18-30-57/h1-51H. The van der Waals surface area contributed by atoms with Crippen molar-refractivity contribution in [2.75, 3.05) is 4.90 Å². The molecule has 0 fully saturated rings. The highest BCUT2D eigenvalue weighted by Crippen LogP contribution is 2.41. The number of rotatable bonds is 12. The second-order valence-corrected chi connectivity index (χ2v) is 18.6. The van der Waals surface area contributed by atoms with Gasteiger partial charge in [0.1, 0.15) is 0 Å². The van der Waals surface area contributed by atoms with Gasteiger partial charge in [-0.3, -0.25) is 0 Å². The number of hydrogen-bond acceptors (Lipinski definition) is 1. The van der Waals surface area contributed by atoms with Crippen LogP contribution in [0.3, 0.4) is 0 Å². The summed E-state index contributed by atoms with van der Waals surface area (Å²) >= 11 is 0. The second-order valence-electron chi connectivity index (χ2n) is 18.6. The van der Waals surface area contributed by atoms with Crippen LogP contribution in [0.15, 0.2) is 309 Å². The molecule has 0 atom stereocenters. The molecule has 73 heavy (non-hydrogen) atoms. The molecule has 1 nitrogen and oxygen atoms in total. The Morgan fingerprint density at radius 1 is 0.123 bits per heavy atom. The summed E-state index contributed by atoms with van der Waals surface area (Å²) < 4.78 is 0. The van der Waals surface area contributed by atoms with E-state index in [1.165, 1.54) is 83.5 Å². The molecular formula is C72H51N. The summed E-state index contributed by atoms with van der Waals surface area (Å²) in [4.78, 5) is 2.37. The van der Waals surface area contributed by atoms with E-state index in [1.54, 1.807) is 0 Å². The topological polar surface area (TPSA) is 3.24 Å². The first-order valence-electron chi connectivity index (χ1n) is 25.0. The van der Waals surface area contributed by atoms with E-state index in [4.69, 9.17) is 0 Å². The van der Waals surface area contributed by atoms with Gasteiger partial charge in [0.15, 0.2) is 0 Å². The molecule has 0 saturated heterocycles. The fourth-order valence-corrected chi connectivity index (χ4v) is 10.0. The Balaban J connectivity index is 0.949. The average Bonchev–Trinajstić information content (AvgIpc) is 3.49. The quantitative estimate of drug-likeness (QED) is 0.118. The van der Waals surface area contributed by atoms with E-state index in [0.29, 0.717) is 0 Å². The summed E-state index contributed by atoms with van der Waals surface area (Å²) in [5, 5.41) is 0. The van der Waals surface area contributed by atoms with Crippen LogP contribution in [0, 0.1) is 0 Å². The van der Waals surface area contributed by atoms with Gasteiger partial charge in [-0.05, 0) is 191 Å². The zero-order chi connectivity index (χ0) is 48.8. The molecule has 0 unspecified atom stereocenters. The van der Waals surface area contributed by atoms with Crippen molar-refractivity contribution in [2.45, 2.75) is 0 Å². The molecule has 0 amide bonds. The Bertz CT molecular complexity index is 3180. The van der Waals surface area contributed by atoms with Crippen LogP contribution < -0.4 is 4.90 Å². The van der Waals surface area contributed by atoms with E-state index >= 15 is 0 Å². The molecule has 0 radical (unpaired) electrons. The zero-order valence-corrected chi connectivity index (χ0v) is 40.4. The first-order valence-corrected chi connectivity index (χ1v) is 25.0. The van der Waals surface area contributed by atoms with Crippen LogP contribution in [0.4, 0.5) is 17.1 Å². The molecule has 1 heteroatoms. The van der Waals surface area contributed by atoms with E-state index < -0.39 is 0 Å². The minimum Gasteiger partial charge on any atom is -0.311 e. The lowest BCUT2D eigenvalue weighted by Gasteiger charge is -2.26. The van der Waals surface area contributed by atoms with E-state index in [9.17, 15) is 0 Å². The molecule has 0 aliphatic heterocycles. The van der Waals surface area contributed by atoms with Crippen molar-refractivity contribution in [1.82, 2.24) is 0 Å². The molecule has 12 rings (SSSR count). The van der Waals surface area contributed by atoms with Crippen molar-refractivity contribution in [2.24, 2.45) is 0 Å². The highest BCUT2D eigenvalue weighted by Gasteiger charge is 2.17. The molecule has 12 aromatic carbocycles. The molecular weight excluding hydrogens is 879 g/mol. The predicted octanol–water partition coefficient (Wildman–Crippen LogP) is 20.2. The number of hydrogen-bond donors (Lipinski definition) is 0. The summed E-state index contributed by atoms with van der Waals surface area (Å²) in [7, 11) is 0. The molecule has 344 valence electrons. The Morgan fingerprint density at radius 3 is 0.411 bits per heavy atom. The first kappa shape index (κ1) is 44.6. The van der Waals surface area contributed by atoms with E-state index in [0.717, 1.165) is 33.8 Å². The first-order chi connectivity index (χ1) is 36.1. The molecule has 0 aromatic heterocycles. The Kier molecular flexibility index (Phi) is 12.5. The van der Waals surface area contributed by atoms with Gasteiger partial charge in [0, 0.05) is 17.1 Å². The van der Waals surface area contributed by atoms with Gasteiger partial charge in [-0.2, -0.15) is 0 Å². The normalized spacial score (nSPS) is 11.0. The monoisotopic (exact) mass is 929 g/mol. The molecule has 0 bridgehead atoms.